The Hall–Kier alpha value is -2.45. The van der Waals surface area contributed by atoms with Gasteiger partial charge in [-0.15, -0.1) is 11.8 Å². The molecule has 130 valence electrons. The largest absolute Gasteiger partial charge is 0.342 e. The summed E-state index contributed by atoms with van der Waals surface area (Å²) in [6.45, 7) is 5.20. The van der Waals surface area contributed by atoms with Gasteiger partial charge in [-0.05, 0) is 31.0 Å². The first-order chi connectivity index (χ1) is 12.7. The van der Waals surface area contributed by atoms with Crippen LogP contribution in [0.25, 0.3) is 10.9 Å². The van der Waals surface area contributed by atoms with Gasteiger partial charge in [0.25, 0.3) is 0 Å². The number of rotatable bonds is 5. The lowest BCUT2D eigenvalue weighted by molar-refractivity contribution is 0.829. The van der Waals surface area contributed by atoms with Crippen LogP contribution in [0.1, 0.15) is 22.3 Å². The maximum Gasteiger partial charge on any atom is 0.0495 e. The van der Waals surface area contributed by atoms with Gasteiger partial charge in [0.05, 0.1) is 0 Å². The third kappa shape index (κ3) is 3.71. The molecule has 26 heavy (non-hydrogen) atoms. The van der Waals surface area contributed by atoms with Crippen molar-refractivity contribution in [2.75, 3.05) is 0 Å². The number of hydrogen-bond acceptors (Lipinski definition) is 1. The van der Waals surface area contributed by atoms with Gasteiger partial charge in [-0.1, -0.05) is 77.9 Å². The fraction of sp³-hybridized carbons (Fsp3) is 0.167. The van der Waals surface area contributed by atoms with E-state index >= 15 is 0 Å². The Morgan fingerprint density at radius 3 is 2.38 bits per heavy atom. The molecule has 0 spiro atoms. The quantitative estimate of drug-likeness (QED) is 0.364. The minimum absolute atomic E-state index is 0.909. The Bertz CT molecular complexity index is 1030. The SMILES string of the molecule is Cc1ccc(Cn2cc(SCc3cccc(C)c3)c3ccccc32)cc1. The normalized spacial score (nSPS) is 11.2. The van der Waals surface area contributed by atoms with Crippen LogP contribution in [0.5, 0.6) is 0 Å². The third-order valence-electron chi connectivity index (χ3n) is 4.70. The number of fused-ring (bicyclic) bond motifs is 1. The van der Waals surface area contributed by atoms with Crippen molar-refractivity contribution in [2.24, 2.45) is 0 Å². The van der Waals surface area contributed by atoms with Crippen LogP contribution in [-0.2, 0) is 12.3 Å². The zero-order valence-corrected chi connectivity index (χ0v) is 16.1. The van der Waals surface area contributed by atoms with Crippen LogP contribution in [0.3, 0.4) is 0 Å². The summed E-state index contributed by atoms with van der Waals surface area (Å²) in [6, 6.07) is 26.3. The van der Waals surface area contributed by atoms with E-state index in [1.165, 1.54) is 38.1 Å². The molecule has 0 radical (unpaired) electrons. The molecule has 0 unspecified atom stereocenters. The van der Waals surface area contributed by atoms with Gasteiger partial charge in [0.15, 0.2) is 0 Å². The fourth-order valence-electron chi connectivity index (χ4n) is 3.31. The lowest BCUT2D eigenvalue weighted by Gasteiger charge is -2.06. The maximum atomic E-state index is 2.37. The summed E-state index contributed by atoms with van der Waals surface area (Å²) in [5, 5.41) is 1.34. The molecule has 0 saturated carbocycles. The zero-order chi connectivity index (χ0) is 17.9. The average molecular weight is 358 g/mol. The Labute approximate surface area is 159 Å². The summed E-state index contributed by atoms with van der Waals surface area (Å²) in [5.41, 5.74) is 6.65. The Morgan fingerprint density at radius 1 is 0.769 bits per heavy atom. The molecule has 0 aliphatic heterocycles. The van der Waals surface area contributed by atoms with E-state index in [1.807, 2.05) is 11.8 Å². The van der Waals surface area contributed by atoms with Crippen LogP contribution < -0.4 is 0 Å². The van der Waals surface area contributed by atoms with Crippen LogP contribution in [0.4, 0.5) is 0 Å². The Morgan fingerprint density at radius 2 is 1.58 bits per heavy atom. The van der Waals surface area contributed by atoms with E-state index in [1.54, 1.807) is 0 Å². The molecule has 1 nitrogen and oxygen atoms in total. The average Bonchev–Trinajstić information content (AvgIpc) is 3.00. The van der Waals surface area contributed by atoms with Gasteiger partial charge in [0, 0.05) is 34.3 Å². The lowest BCUT2D eigenvalue weighted by Crippen LogP contribution is -1.97. The van der Waals surface area contributed by atoms with Gasteiger partial charge in [-0.2, -0.15) is 0 Å². The highest BCUT2D eigenvalue weighted by Gasteiger charge is 2.09. The first-order valence-electron chi connectivity index (χ1n) is 9.01. The molecule has 1 heterocycles. The minimum Gasteiger partial charge on any atom is -0.342 e. The maximum absolute atomic E-state index is 2.37. The van der Waals surface area contributed by atoms with E-state index in [4.69, 9.17) is 0 Å². The van der Waals surface area contributed by atoms with Crippen LogP contribution in [0.2, 0.25) is 0 Å². The summed E-state index contributed by atoms with van der Waals surface area (Å²) in [4.78, 5) is 1.36. The second-order valence-corrected chi connectivity index (χ2v) is 7.92. The van der Waals surface area contributed by atoms with Crippen molar-refractivity contribution >= 4 is 22.7 Å². The smallest absolute Gasteiger partial charge is 0.0495 e. The van der Waals surface area contributed by atoms with Crippen molar-refractivity contribution in [3.05, 3.63) is 101 Å². The van der Waals surface area contributed by atoms with Crippen LogP contribution in [0, 0.1) is 13.8 Å². The number of aromatic nitrogens is 1. The van der Waals surface area contributed by atoms with Gasteiger partial charge >= 0.3 is 0 Å². The topological polar surface area (TPSA) is 4.93 Å². The van der Waals surface area contributed by atoms with Gasteiger partial charge in [0.2, 0.25) is 0 Å². The highest BCUT2D eigenvalue weighted by atomic mass is 32.2. The highest BCUT2D eigenvalue weighted by molar-refractivity contribution is 7.98. The molecule has 0 aliphatic carbocycles. The highest BCUT2D eigenvalue weighted by Crippen LogP contribution is 2.32. The van der Waals surface area contributed by atoms with Crippen LogP contribution in [-0.4, -0.2) is 4.57 Å². The molecule has 0 atom stereocenters. The van der Waals surface area contributed by atoms with E-state index in [-0.39, 0.29) is 0 Å². The predicted octanol–water partition coefficient (Wildman–Crippen LogP) is 6.60. The predicted molar refractivity (Wildman–Crippen MR) is 113 cm³/mol. The first-order valence-corrected chi connectivity index (χ1v) is 9.99. The molecule has 0 N–H and O–H groups in total. The molecule has 1 aromatic heterocycles. The Kier molecular flexibility index (Phi) is 4.85. The molecular formula is C24H23NS. The van der Waals surface area contributed by atoms with Crippen molar-refractivity contribution in [1.82, 2.24) is 4.57 Å². The minimum atomic E-state index is 0.909. The summed E-state index contributed by atoms with van der Waals surface area (Å²) in [7, 11) is 0. The second-order valence-electron chi connectivity index (χ2n) is 6.90. The van der Waals surface area contributed by atoms with Crippen molar-refractivity contribution in [3.8, 4) is 0 Å². The first kappa shape index (κ1) is 17.0. The molecule has 0 amide bonds. The number of hydrogen-bond donors (Lipinski definition) is 0. The fourth-order valence-corrected chi connectivity index (χ4v) is 4.34. The van der Waals surface area contributed by atoms with Crippen LogP contribution in [0.15, 0.2) is 83.9 Å². The van der Waals surface area contributed by atoms with Gasteiger partial charge in [-0.25, -0.2) is 0 Å². The van der Waals surface area contributed by atoms with E-state index in [2.05, 4.69) is 97.4 Å². The third-order valence-corrected chi connectivity index (χ3v) is 5.82. The molecule has 4 aromatic rings. The molecule has 4 rings (SSSR count). The van der Waals surface area contributed by atoms with Gasteiger partial charge in [-0.3, -0.25) is 0 Å². The van der Waals surface area contributed by atoms with E-state index < -0.39 is 0 Å². The molecular weight excluding hydrogens is 334 g/mol. The molecule has 0 fully saturated rings. The zero-order valence-electron chi connectivity index (χ0n) is 15.3. The number of nitrogens with zero attached hydrogens (tertiary/aromatic N) is 1. The van der Waals surface area contributed by atoms with E-state index in [9.17, 15) is 0 Å². The molecule has 0 aliphatic rings. The Balaban J connectivity index is 1.62. The van der Waals surface area contributed by atoms with E-state index in [0.29, 0.717) is 0 Å². The standard InChI is InChI=1S/C24H23NS/c1-18-10-12-20(13-11-18)15-25-16-24(22-8-3-4-9-23(22)25)26-17-21-7-5-6-19(2)14-21/h3-14,16H,15,17H2,1-2H3. The van der Waals surface area contributed by atoms with Gasteiger partial charge < -0.3 is 4.57 Å². The summed E-state index contributed by atoms with van der Waals surface area (Å²) < 4.78 is 2.37. The van der Waals surface area contributed by atoms with Crippen molar-refractivity contribution < 1.29 is 0 Å². The van der Waals surface area contributed by atoms with Crippen molar-refractivity contribution in [3.63, 3.8) is 0 Å². The van der Waals surface area contributed by atoms with Crippen LogP contribution >= 0.6 is 11.8 Å². The lowest BCUT2D eigenvalue weighted by atomic mass is 10.1. The molecule has 3 aromatic carbocycles. The summed E-state index contributed by atoms with van der Waals surface area (Å²) in [5.74, 6) is 1.00. The number of para-hydroxylation sites is 1. The second kappa shape index (κ2) is 7.43. The molecule has 0 bridgehead atoms. The molecule has 2 heteroatoms. The summed E-state index contributed by atoms with van der Waals surface area (Å²) in [6.07, 6.45) is 2.31. The van der Waals surface area contributed by atoms with Crippen molar-refractivity contribution in [2.45, 2.75) is 31.0 Å². The van der Waals surface area contributed by atoms with Crippen molar-refractivity contribution in [1.29, 1.82) is 0 Å². The monoisotopic (exact) mass is 357 g/mol. The molecule has 0 saturated heterocycles. The number of thioether (sulfide) groups is 1. The van der Waals surface area contributed by atoms with E-state index in [0.717, 1.165) is 12.3 Å². The van der Waals surface area contributed by atoms with Gasteiger partial charge in [0.1, 0.15) is 0 Å². The number of benzene rings is 3. The number of aryl methyl sites for hydroxylation is 2. The summed E-state index contributed by atoms with van der Waals surface area (Å²) >= 11 is 1.92.